The summed E-state index contributed by atoms with van der Waals surface area (Å²) in [5, 5.41) is 3.31. The predicted molar refractivity (Wildman–Crippen MR) is 127 cm³/mol. The molecule has 4 heteroatoms. The highest BCUT2D eigenvalue weighted by molar-refractivity contribution is 5.94. The molecule has 166 valence electrons. The number of amides is 1. The first-order chi connectivity index (χ1) is 15.7. The lowest BCUT2D eigenvalue weighted by Gasteiger charge is -2.26. The quantitative estimate of drug-likeness (QED) is 0.481. The van der Waals surface area contributed by atoms with Gasteiger partial charge in [0.05, 0.1) is 20.3 Å². The Morgan fingerprint density at radius 2 is 1.53 bits per heavy atom. The smallest absolute Gasteiger partial charge is 0.251 e. The van der Waals surface area contributed by atoms with Gasteiger partial charge < -0.3 is 14.8 Å². The van der Waals surface area contributed by atoms with Gasteiger partial charge in [-0.15, -0.1) is 0 Å². The number of nitrogens with one attached hydrogen (secondary N) is 1. The fraction of sp³-hybridized carbons (Fsp3) is 0.321. The van der Waals surface area contributed by atoms with E-state index in [1.807, 2.05) is 48.5 Å². The number of ether oxygens (including phenoxy) is 2. The van der Waals surface area contributed by atoms with E-state index in [4.69, 9.17) is 9.47 Å². The first kappa shape index (κ1) is 21.9. The van der Waals surface area contributed by atoms with Gasteiger partial charge in [-0.1, -0.05) is 61.4 Å². The summed E-state index contributed by atoms with van der Waals surface area (Å²) < 4.78 is 10.9. The first-order valence-electron chi connectivity index (χ1n) is 11.3. The second-order valence-corrected chi connectivity index (χ2v) is 8.47. The first-order valence-corrected chi connectivity index (χ1v) is 11.3. The highest BCUT2D eigenvalue weighted by Crippen LogP contribution is 2.38. The van der Waals surface area contributed by atoms with E-state index < -0.39 is 0 Å². The standard InChI is InChI=1S/C28H31NO3/c1-31-25-17-16-24(19-26(25)32-2)27(22-10-6-7-11-22)29-28(30)23-14-12-21(13-15-23)18-20-8-4-3-5-9-20/h3-5,8-9,12-17,19,22,27H,6-7,10-11,18H2,1-2H3,(H,29,30). The fourth-order valence-corrected chi connectivity index (χ4v) is 4.64. The molecule has 1 saturated carbocycles. The maximum atomic E-state index is 13.2. The van der Waals surface area contributed by atoms with Gasteiger partial charge in [0.2, 0.25) is 0 Å². The largest absolute Gasteiger partial charge is 0.493 e. The van der Waals surface area contributed by atoms with Crippen LogP contribution in [0.25, 0.3) is 0 Å². The molecule has 0 saturated heterocycles. The van der Waals surface area contributed by atoms with Crippen molar-refractivity contribution >= 4 is 5.91 Å². The van der Waals surface area contributed by atoms with Crippen LogP contribution in [-0.2, 0) is 6.42 Å². The number of hydrogen-bond acceptors (Lipinski definition) is 3. The van der Waals surface area contributed by atoms with E-state index >= 15 is 0 Å². The minimum Gasteiger partial charge on any atom is -0.493 e. The van der Waals surface area contributed by atoms with Gasteiger partial charge in [0.1, 0.15) is 0 Å². The van der Waals surface area contributed by atoms with Gasteiger partial charge >= 0.3 is 0 Å². The lowest BCUT2D eigenvalue weighted by Crippen LogP contribution is -2.32. The third-order valence-electron chi connectivity index (χ3n) is 6.39. The predicted octanol–water partition coefficient (Wildman–Crippen LogP) is 5.96. The van der Waals surface area contributed by atoms with Gasteiger partial charge in [-0.05, 0) is 66.1 Å². The van der Waals surface area contributed by atoms with E-state index in [1.54, 1.807) is 14.2 Å². The van der Waals surface area contributed by atoms with Crippen LogP contribution in [0.1, 0.15) is 58.8 Å². The molecule has 0 radical (unpaired) electrons. The number of rotatable bonds is 8. The highest BCUT2D eigenvalue weighted by atomic mass is 16.5. The number of hydrogen-bond donors (Lipinski definition) is 1. The molecule has 1 fully saturated rings. The Kier molecular flexibility index (Phi) is 7.10. The minimum absolute atomic E-state index is 0.0389. The second kappa shape index (κ2) is 10.4. The maximum absolute atomic E-state index is 13.2. The van der Waals surface area contributed by atoms with Gasteiger partial charge in [0.15, 0.2) is 11.5 Å². The van der Waals surface area contributed by atoms with Crippen LogP contribution in [-0.4, -0.2) is 20.1 Å². The van der Waals surface area contributed by atoms with Crippen LogP contribution in [0, 0.1) is 5.92 Å². The molecule has 0 heterocycles. The van der Waals surface area contributed by atoms with Crippen LogP contribution in [0.4, 0.5) is 0 Å². The minimum atomic E-state index is -0.0474. The molecule has 1 atom stereocenters. The van der Waals surface area contributed by atoms with Gasteiger partial charge in [-0.25, -0.2) is 0 Å². The summed E-state index contributed by atoms with van der Waals surface area (Å²) in [6.45, 7) is 0. The summed E-state index contributed by atoms with van der Waals surface area (Å²) in [5.41, 5.74) is 4.20. The molecule has 0 bridgehead atoms. The van der Waals surface area contributed by atoms with E-state index in [1.165, 1.54) is 24.0 Å². The number of carbonyl (C=O) groups excluding carboxylic acids is 1. The van der Waals surface area contributed by atoms with E-state index in [0.29, 0.717) is 23.0 Å². The Hall–Kier alpha value is -3.27. The van der Waals surface area contributed by atoms with Crippen molar-refractivity contribution in [3.8, 4) is 11.5 Å². The van der Waals surface area contributed by atoms with Crippen LogP contribution < -0.4 is 14.8 Å². The topological polar surface area (TPSA) is 47.6 Å². The molecule has 0 aliphatic heterocycles. The third kappa shape index (κ3) is 5.13. The van der Waals surface area contributed by atoms with Crippen molar-refractivity contribution in [1.29, 1.82) is 0 Å². The van der Waals surface area contributed by atoms with Gasteiger partial charge in [0.25, 0.3) is 5.91 Å². The van der Waals surface area contributed by atoms with Crippen molar-refractivity contribution in [3.63, 3.8) is 0 Å². The zero-order valence-corrected chi connectivity index (χ0v) is 18.8. The van der Waals surface area contributed by atoms with E-state index in [9.17, 15) is 4.79 Å². The normalized spacial score (nSPS) is 14.7. The summed E-state index contributed by atoms with van der Waals surface area (Å²) >= 11 is 0. The van der Waals surface area contributed by atoms with Crippen LogP contribution in [0.3, 0.4) is 0 Å². The van der Waals surface area contributed by atoms with Crippen LogP contribution in [0.5, 0.6) is 11.5 Å². The van der Waals surface area contributed by atoms with E-state index in [2.05, 4.69) is 29.6 Å². The van der Waals surface area contributed by atoms with Crippen LogP contribution >= 0.6 is 0 Å². The van der Waals surface area contributed by atoms with Gasteiger partial charge in [-0.2, -0.15) is 0 Å². The lowest BCUT2D eigenvalue weighted by atomic mass is 9.91. The summed E-state index contributed by atoms with van der Waals surface area (Å²) in [6.07, 6.45) is 5.51. The molecule has 1 amide bonds. The molecule has 4 rings (SSSR count). The van der Waals surface area contributed by atoms with Crippen molar-refractivity contribution in [3.05, 3.63) is 95.1 Å². The summed E-state index contributed by atoms with van der Waals surface area (Å²) in [6, 6.07) is 24.2. The van der Waals surface area contributed by atoms with Crippen molar-refractivity contribution < 1.29 is 14.3 Å². The lowest BCUT2D eigenvalue weighted by molar-refractivity contribution is 0.0921. The van der Waals surface area contributed by atoms with Crippen LogP contribution in [0.15, 0.2) is 72.8 Å². The third-order valence-corrected chi connectivity index (χ3v) is 6.39. The summed E-state index contributed by atoms with van der Waals surface area (Å²) in [4.78, 5) is 13.2. The molecule has 1 aliphatic carbocycles. The highest BCUT2D eigenvalue weighted by Gasteiger charge is 2.28. The molecule has 0 aromatic heterocycles. The van der Waals surface area contributed by atoms with E-state index in [-0.39, 0.29) is 11.9 Å². The zero-order chi connectivity index (χ0) is 22.3. The Labute approximate surface area is 190 Å². The van der Waals surface area contributed by atoms with Crippen molar-refractivity contribution in [2.45, 2.75) is 38.1 Å². The molecule has 1 aliphatic rings. The fourth-order valence-electron chi connectivity index (χ4n) is 4.64. The van der Waals surface area contributed by atoms with Crippen molar-refractivity contribution in [2.24, 2.45) is 5.92 Å². The molecular weight excluding hydrogens is 398 g/mol. The molecule has 3 aromatic rings. The molecule has 3 aromatic carbocycles. The monoisotopic (exact) mass is 429 g/mol. The Morgan fingerprint density at radius 1 is 0.875 bits per heavy atom. The number of methoxy groups -OCH3 is 2. The number of carbonyl (C=O) groups is 1. The van der Waals surface area contributed by atoms with Gasteiger partial charge in [-0.3, -0.25) is 4.79 Å². The molecule has 4 nitrogen and oxygen atoms in total. The maximum Gasteiger partial charge on any atom is 0.251 e. The summed E-state index contributed by atoms with van der Waals surface area (Å²) in [5.74, 6) is 1.77. The second-order valence-electron chi connectivity index (χ2n) is 8.47. The average molecular weight is 430 g/mol. The molecule has 32 heavy (non-hydrogen) atoms. The molecular formula is C28H31NO3. The van der Waals surface area contributed by atoms with E-state index in [0.717, 1.165) is 24.8 Å². The number of benzene rings is 3. The SMILES string of the molecule is COc1ccc(C(NC(=O)c2ccc(Cc3ccccc3)cc2)C2CCCC2)cc1OC. The Morgan fingerprint density at radius 3 is 2.19 bits per heavy atom. The Bertz CT molecular complexity index is 1020. The van der Waals surface area contributed by atoms with Crippen molar-refractivity contribution in [2.75, 3.05) is 14.2 Å². The molecule has 1 N–H and O–H groups in total. The Balaban J connectivity index is 1.51. The molecule has 0 spiro atoms. The van der Waals surface area contributed by atoms with Gasteiger partial charge in [0, 0.05) is 5.56 Å². The summed E-state index contributed by atoms with van der Waals surface area (Å²) in [7, 11) is 3.27. The molecule has 1 unspecified atom stereocenters. The van der Waals surface area contributed by atoms with Crippen LogP contribution in [0.2, 0.25) is 0 Å². The van der Waals surface area contributed by atoms with Crippen molar-refractivity contribution in [1.82, 2.24) is 5.32 Å². The average Bonchev–Trinajstić information content (AvgIpc) is 3.38. The zero-order valence-electron chi connectivity index (χ0n) is 18.8.